The molecule has 1 fully saturated rings. The van der Waals surface area contributed by atoms with Gasteiger partial charge in [0.1, 0.15) is 6.17 Å². The average Bonchev–Trinajstić information content (AvgIpc) is 3.06. The van der Waals surface area contributed by atoms with Crippen molar-refractivity contribution in [3.05, 3.63) is 65.0 Å². The summed E-state index contributed by atoms with van der Waals surface area (Å²) >= 11 is 0. The highest BCUT2D eigenvalue weighted by Gasteiger charge is 2.31. The van der Waals surface area contributed by atoms with Gasteiger partial charge in [-0.25, -0.2) is 4.39 Å². The first-order valence-corrected chi connectivity index (χ1v) is 9.15. The van der Waals surface area contributed by atoms with Gasteiger partial charge in [0.25, 0.3) is 0 Å². The maximum atomic E-state index is 13.4. The summed E-state index contributed by atoms with van der Waals surface area (Å²) in [5, 5.41) is 6.00. The van der Waals surface area contributed by atoms with Crippen molar-refractivity contribution in [2.45, 2.75) is 51.4 Å². The summed E-state index contributed by atoms with van der Waals surface area (Å²) in [6.45, 7) is 6.57. The van der Waals surface area contributed by atoms with Crippen LogP contribution in [0.15, 0.2) is 42.6 Å². The molecule has 4 nitrogen and oxygen atoms in total. The van der Waals surface area contributed by atoms with Crippen molar-refractivity contribution in [1.29, 1.82) is 0 Å². The molecule has 0 bridgehead atoms. The van der Waals surface area contributed by atoms with Gasteiger partial charge in [-0.3, -0.25) is 9.78 Å². The fourth-order valence-electron chi connectivity index (χ4n) is 3.46. The Labute approximate surface area is 154 Å². The number of amides is 1. The van der Waals surface area contributed by atoms with Gasteiger partial charge in [0, 0.05) is 19.2 Å². The van der Waals surface area contributed by atoms with Gasteiger partial charge < -0.3 is 10.6 Å². The van der Waals surface area contributed by atoms with Crippen LogP contribution in [0.2, 0.25) is 0 Å². The van der Waals surface area contributed by atoms with E-state index in [-0.39, 0.29) is 24.9 Å². The highest BCUT2D eigenvalue weighted by Crippen LogP contribution is 2.25. The molecule has 5 heteroatoms. The molecule has 1 aromatic heterocycles. The Kier molecular flexibility index (Phi) is 5.67. The molecule has 0 radical (unpaired) electrons. The van der Waals surface area contributed by atoms with E-state index in [0.717, 1.165) is 16.8 Å². The summed E-state index contributed by atoms with van der Waals surface area (Å²) in [6, 6.07) is 10.9. The molecule has 1 amide bonds. The summed E-state index contributed by atoms with van der Waals surface area (Å²) in [6.07, 6.45) is 1.14. The Balaban J connectivity index is 1.89. The zero-order valence-corrected chi connectivity index (χ0v) is 15.5. The largest absolute Gasteiger partial charge is 0.342 e. The topological polar surface area (TPSA) is 54.0 Å². The van der Waals surface area contributed by atoms with Crippen molar-refractivity contribution >= 4 is 5.91 Å². The first-order chi connectivity index (χ1) is 12.5. The number of nitrogens with zero attached hydrogens (tertiary/aromatic N) is 1. The zero-order chi connectivity index (χ0) is 18.7. The fraction of sp³-hybridized carbons (Fsp3) is 0.429. The normalized spacial score (nSPS) is 21.0. The third-order valence-electron chi connectivity index (χ3n) is 4.90. The monoisotopic (exact) mass is 355 g/mol. The lowest BCUT2D eigenvalue weighted by atomic mass is 9.96. The Hall–Kier alpha value is -2.27. The first kappa shape index (κ1) is 18.5. The van der Waals surface area contributed by atoms with Crippen LogP contribution in [0.1, 0.15) is 54.6 Å². The maximum Gasteiger partial charge on any atom is 0.238 e. The third kappa shape index (κ3) is 4.10. The van der Waals surface area contributed by atoms with E-state index in [0.29, 0.717) is 5.92 Å². The Morgan fingerprint density at radius 2 is 2.04 bits per heavy atom. The number of aromatic nitrogens is 1. The summed E-state index contributed by atoms with van der Waals surface area (Å²) in [5.74, 6) is 0.205. The van der Waals surface area contributed by atoms with Crippen LogP contribution < -0.4 is 10.6 Å². The molecule has 3 atom stereocenters. The van der Waals surface area contributed by atoms with Gasteiger partial charge in [0.2, 0.25) is 5.91 Å². The van der Waals surface area contributed by atoms with E-state index >= 15 is 0 Å². The van der Waals surface area contributed by atoms with Gasteiger partial charge in [0.15, 0.2) is 0 Å². The number of halogens is 1. The van der Waals surface area contributed by atoms with E-state index < -0.39 is 12.2 Å². The molecule has 2 aromatic rings. The number of pyridine rings is 1. The van der Waals surface area contributed by atoms with Crippen LogP contribution in [-0.2, 0) is 4.79 Å². The van der Waals surface area contributed by atoms with Crippen LogP contribution in [0, 0.1) is 6.92 Å². The minimum Gasteiger partial charge on any atom is -0.342 e. The van der Waals surface area contributed by atoms with Crippen LogP contribution in [0.5, 0.6) is 0 Å². The van der Waals surface area contributed by atoms with Crippen molar-refractivity contribution in [1.82, 2.24) is 15.6 Å². The van der Waals surface area contributed by atoms with Gasteiger partial charge in [-0.1, -0.05) is 44.2 Å². The van der Waals surface area contributed by atoms with Gasteiger partial charge in [-0.05, 0) is 35.6 Å². The van der Waals surface area contributed by atoms with Crippen LogP contribution in [0.3, 0.4) is 0 Å². The summed E-state index contributed by atoms with van der Waals surface area (Å²) in [4.78, 5) is 17.3. The fourth-order valence-corrected chi connectivity index (χ4v) is 3.46. The van der Waals surface area contributed by atoms with E-state index in [1.165, 1.54) is 5.56 Å². The highest BCUT2D eigenvalue weighted by molar-refractivity contribution is 5.83. The van der Waals surface area contributed by atoms with Crippen molar-refractivity contribution in [2.75, 3.05) is 6.54 Å². The Morgan fingerprint density at radius 1 is 1.31 bits per heavy atom. The van der Waals surface area contributed by atoms with Crippen molar-refractivity contribution in [3.8, 4) is 0 Å². The van der Waals surface area contributed by atoms with Crippen molar-refractivity contribution in [3.63, 3.8) is 0 Å². The molecule has 26 heavy (non-hydrogen) atoms. The zero-order valence-electron chi connectivity index (χ0n) is 15.5. The second-order valence-electron chi connectivity index (χ2n) is 7.27. The molecular formula is C21H26FN3O. The average molecular weight is 355 g/mol. The maximum absolute atomic E-state index is 13.4. The first-order valence-electron chi connectivity index (χ1n) is 9.15. The molecule has 1 aromatic carbocycles. The quantitative estimate of drug-likeness (QED) is 0.864. The van der Waals surface area contributed by atoms with Gasteiger partial charge in [-0.2, -0.15) is 0 Å². The summed E-state index contributed by atoms with van der Waals surface area (Å²) < 4.78 is 13.4. The molecule has 1 saturated heterocycles. The number of aryl methyl sites for hydroxylation is 1. The molecule has 2 heterocycles. The number of carbonyl (C=O) groups excluding carboxylic acids is 1. The van der Waals surface area contributed by atoms with Crippen molar-refractivity contribution < 1.29 is 9.18 Å². The molecule has 2 N–H and O–H groups in total. The molecule has 1 aliphatic rings. The molecule has 0 aliphatic carbocycles. The molecule has 3 rings (SSSR count). The lowest BCUT2D eigenvalue weighted by molar-refractivity contribution is -0.123. The number of alkyl halides is 1. The molecule has 0 saturated carbocycles. The SMILES string of the molecule is Cc1cc(C(NC(=O)C2CC(F)CN2)c2ccccc2)ncc1C(C)C. The Bertz CT molecular complexity index is 763. The molecule has 138 valence electrons. The minimum absolute atomic E-state index is 0.189. The van der Waals surface area contributed by atoms with E-state index in [1.807, 2.05) is 42.6 Å². The molecule has 3 unspecified atom stereocenters. The number of nitrogens with one attached hydrogen (secondary N) is 2. The van der Waals surface area contributed by atoms with E-state index in [1.54, 1.807) is 0 Å². The lowest BCUT2D eigenvalue weighted by Gasteiger charge is -2.22. The number of hydrogen-bond acceptors (Lipinski definition) is 3. The molecular weight excluding hydrogens is 329 g/mol. The molecule has 0 spiro atoms. The summed E-state index contributed by atoms with van der Waals surface area (Å²) in [7, 11) is 0. The number of benzene rings is 1. The highest BCUT2D eigenvalue weighted by atomic mass is 19.1. The second-order valence-corrected chi connectivity index (χ2v) is 7.27. The lowest BCUT2D eigenvalue weighted by Crippen LogP contribution is -2.42. The number of carbonyl (C=O) groups is 1. The smallest absolute Gasteiger partial charge is 0.238 e. The predicted molar refractivity (Wildman–Crippen MR) is 101 cm³/mol. The van der Waals surface area contributed by atoms with E-state index in [4.69, 9.17) is 0 Å². The van der Waals surface area contributed by atoms with E-state index in [9.17, 15) is 9.18 Å². The standard InChI is InChI=1S/C21H26FN3O/c1-13(2)17-12-24-18(9-14(17)3)20(15-7-5-4-6-8-15)25-21(26)19-10-16(22)11-23-19/h4-9,12-13,16,19-20,23H,10-11H2,1-3H3,(H,25,26). The van der Waals surface area contributed by atoms with Crippen LogP contribution in [-0.4, -0.2) is 29.6 Å². The number of hydrogen-bond donors (Lipinski definition) is 2. The van der Waals surface area contributed by atoms with Gasteiger partial charge in [-0.15, -0.1) is 0 Å². The van der Waals surface area contributed by atoms with Crippen LogP contribution in [0.4, 0.5) is 4.39 Å². The third-order valence-corrected chi connectivity index (χ3v) is 4.90. The van der Waals surface area contributed by atoms with E-state index in [2.05, 4.69) is 36.4 Å². The molecule has 1 aliphatic heterocycles. The Morgan fingerprint density at radius 3 is 2.62 bits per heavy atom. The van der Waals surface area contributed by atoms with Crippen molar-refractivity contribution in [2.24, 2.45) is 0 Å². The predicted octanol–water partition coefficient (Wildman–Crippen LogP) is 3.42. The van der Waals surface area contributed by atoms with Gasteiger partial charge in [0.05, 0.1) is 17.8 Å². The minimum atomic E-state index is -0.966. The second kappa shape index (κ2) is 7.96. The number of rotatable bonds is 5. The van der Waals surface area contributed by atoms with Crippen LogP contribution in [0.25, 0.3) is 0 Å². The van der Waals surface area contributed by atoms with Crippen LogP contribution >= 0.6 is 0 Å². The van der Waals surface area contributed by atoms with Gasteiger partial charge >= 0.3 is 0 Å². The summed E-state index contributed by atoms with van der Waals surface area (Å²) in [5.41, 5.74) is 4.11.